The third-order valence-electron chi connectivity index (χ3n) is 7.10. The van der Waals surface area contributed by atoms with E-state index in [1.165, 1.54) is 0 Å². The maximum absolute atomic E-state index is 13.5. The number of alkyl carbamates (subject to hydrolysis) is 1. The third-order valence-corrected chi connectivity index (χ3v) is 7.10. The zero-order chi connectivity index (χ0) is 28.0. The number of esters is 1. The SMILES string of the molecule is CC(C)(C)OC(=O)N[C@H](Cc1ccccc1)C(=O)N[C@H]1CC[C@]2(C(=O)OCc3ccccc3)CCCN2C1=O. The van der Waals surface area contributed by atoms with Gasteiger partial charge in [0.25, 0.3) is 0 Å². The fourth-order valence-corrected chi connectivity index (χ4v) is 5.24. The van der Waals surface area contributed by atoms with Crippen molar-refractivity contribution in [3.05, 3.63) is 71.8 Å². The van der Waals surface area contributed by atoms with Crippen LogP contribution in [0.4, 0.5) is 4.79 Å². The summed E-state index contributed by atoms with van der Waals surface area (Å²) in [5, 5.41) is 5.49. The molecule has 0 bridgehead atoms. The molecule has 0 aliphatic carbocycles. The fraction of sp³-hybridized carbons (Fsp3) is 0.467. The van der Waals surface area contributed by atoms with Crippen LogP contribution in [0.15, 0.2) is 60.7 Å². The molecule has 9 heteroatoms. The summed E-state index contributed by atoms with van der Waals surface area (Å²) in [4.78, 5) is 54.2. The lowest BCUT2D eigenvalue weighted by atomic mass is 9.84. The second-order valence-corrected chi connectivity index (χ2v) is 11.2. The highest BCUT2D eigenvalue weighted by Gasteiger charge is 2.55. The zero-order valence-electron chi connectivity index (χ0n) is 22.8. The summed E-state index contributed by atoms with van der Waals surface area (Å²) in [5.74, 6) is -1.20. The number of fused-ring (bicyclic) bond motifs is 1. The molecule has 2 fully saturated rings. The molecule has 2 saturated heterocycles. The normalized spacial score (nSPS) is 21.5. The van der Waals surface area contributed by atoms with Gasteiger partial charge in [-0.15, -0.1) is 0 Å². The van der Waals surface area contributed by atoms with Crippen molar-refractivity contribution in [3.8, 4) is 0 Å². The van der Waals surface area contributed by atoms with Gasteiger partial charge in [-0.2, -0.15) is 0 Å². The molecule has 9 nitrogen and oxygen atoms in total. The summed E-state index contributed by atoms with van der Waals surface area (Å²) in [6.45, 7) is 5.79. The average molecular weight is 536 g/mol. The predicted octanol–water partition coefficient (Wildman–Crippen LogP) is 3.51. The number of hydrogen-bond donors (Lipinski definition) is 2. The van der Waals surface area contributed by atoms with E-state index in [0.29, 0.717) is 32.2 Å². The van der Waals surface area contributed by atoms with Crippen LogP contribution in [-0.2, 0) is 36.9 Å². The molecule has 2 aromatic carbocycles. The molecule has 0 radical (unpaired) electrons. The van der Waals surface area contributed by atoms with E-state index in [2.05, 4.69) is 10.6 Å². The Balaban J connectivity index is 1.43. The summed E-state index contributed by atoms with van der Waals surface area (Å²) in [5.41, 5.74) is -0.0131. The Morgan fingerprint density at radius 1 is 1.00 bits per heavy atom. The molecule has 39 heavy (non-hydrogen) atoms. The first-order valence-electron chi connectivity index (χ1n) is 13.4. The summed E-state index contributed by atoms with van der Waals surface area (Å²) in [6.07, 6.45) is 1.42. The van der Waals surface area contributed by atoms with Crippen LogP contribution >= 0.6 is 0 Å². The van der Waals surface area contributed by atoms with E-state index in [0.717, 1.165) is 11.1 Å². The molecule has 2 aliphatic rings. The van der Waals surface area contributed by atoms with Crippen molar-refractivity contribution < 1.29 is 28.7 Å². The molecule has 3 atom stereocenters. The number of hydrogen-bond acceptors (Lipinski definition) is 6. The van der Waals surface area contributed by atoms with Crippen molar-refractivity contribution in [2.45, 2.75) is 82.7 Å². The standard InChI is InChI=1S/C30H37N3O6/c1-29(2,3)39-28(37)32-24(19-21-11-6-4-7-12-21)25(34)31-23-15-17-30(16-10-18-33(30)26(23)35)27(36)38-20-22-13-8-5-9-14-22/h4-9,11-14,23-24H,10,15-20H2,1-3H3,(H,31,34)(H,32,37)/t23-,24+,30-/m0/s1. The lowest BCUT2D eigenvalue weighted by molar-refractivity contribution is -0.167. The van der Waals surface area contributed by atoms with E-state index < -0.39 is 41.2 Å². The smallest absolute Gasteiger partial charge is 0.408 e. The van der Waals surface area contributed by atoms with E-state index in [1.54, 1.807) is 25.7 Å². The Bertz CT molecular complexity index is 1180. The maximum atomic E-state index is 13.5. The largest absolute Gasteiger partial charge is 0.459 e. The van der Waals surface area contributed by atoms with E-state index in [9.17, 15) is 19.2 Å². The Hall–Kier alpha value is -3.88. The van der Waals surface area contributed by atoms with Gasteiger partial charge in [-0.1, -0.05) is 60.7 Å². The first-order chi connectivity index (χ1) is 18.6. The molecular weight excluding hydrogens is 498 g/mol. The zero-order valence-corrected chi connectivity index (χ0v) is 22.8. The minimum Gasteiger partial charge on any atom is -0.459 e. The number of nitrogens with zero attached hydrogens (tertiary/aromatic N) is 1. The van der Waals surface area contributed by atoms with Gasteiger partial charge in [0, 0.05) is 13.0 Å². The van der Waals surface area contributed by atoms with E-state index in [1.807, 2.05) is 60.7 Å². The van der Waals surface area contributed by atoms with Crippen LogP contribution in [0.3, 0.4) is 0 Å². The van der Waals surface area contributed by atoms with Gasteiger partial charge in [0.2, 0.25) is 11.8 Å². The molecule has 2 aliphatic heterocycles. The summed E-state index contributed by atoms with van der Waals surface area (Å²) >= 11 is 0. The molecule has 4 rings (SSSR count). The Morgan fingerprint density at radius 2 is 1.64 bits per heavy atom. The summed E-state index contributed by atoms with van der Waals surface area (Å²) in [7, 11) is 0. The molecule has 0 spiro atoms. The van der Waals surface area contributed by atoms with Crippen molar-refractivity contribution >= 4 is 23.9 Å². The number of benzene rings is 2. The van der Waals surface area contributed by atoms with Gasteiger partial charge in [-0.3, -0.25) is 9.59 Å². The third kappa shape index (κ3) is 6.96. The molecule has 0 aromatic heterocycles. The van der Waals surface area contributed by atoms with Crippen LogP contribution in [0.1, 0.15) is 57.6 Å². The van der Waals surface area contributed by atoms with Gasteiger partial charge in [-0.05, 0) is 57.6 Å². The van der Waals surface area contributed by atoms with Gasteiger partial charge >= 0.3 is 12.1 Å². The van der Waals surface area contributed by atoms with Crippen molar-refractivity contribution in [1.82, 2.24) is 15.5 Å². The number of piperidine rings is 1. The van der Waals surface area contributed by atoms with Crippen LogP contribution in [-0.4, -0.2) is 58.5 Å². The van der Waals surface area contributed by atoms with Gasteiger partial charge in [0.1, 0.15) is 29.8 Å². The van der Waals surface area contributed by atoms with E-state index >= 15 is 0 Å². The summed E-state index contributed by atoms with van der Waals surface area (Å²) in [6, 6.07) is 17.0. The molecule has 2 aromatic rings. The highest BCUT2D eigenvalue weighted by Crippen LogP contribution is 2.39. The Kier molecular flexibility index (Phi) is 8.57. The fourth-order valence-electron chi connectivity index (χ4n) is 5.24. The minimum atomic E-state index is -1.01. The van der Waals surface area contributed by atoms with Crippen LogP contribution in [0.25, 0.3) is 0 Å². The first-order valence-corrected chi connectivity index (χ1v) is 13.4. The molecule has 2 N–H and O–H groups in total. The average Bonchev–Trinajstić information content (AvgIpc) is 3.35. The molecule has 0 unspecified atom stereocenters. The van der Waals surface area contributed by atoms with Gasteiger partial charge < -0.3 is 25.0 Å². The Labute approximate surface area is 229 Å². The number of ether oxygens (including phenoxy) is 2. The molecule has 3 amide bonds. The number of carbonyl (C=O) groups excluding carboxylic acids is 4. The van der Waals surface area contributed by atoms with Crippen LogP contribution in [0, 0.1) is 0 Å². The van der Waals surface area contributed by atoms with Crippen molar-refractivity contribution in [2.24, 2.45) is 0 Å². The highest BCUT2D eigenvalue weighted by molar-refractivity contribution is 5.96. The Morgan fingerprint density at radius 3 is 2.28 bits per heavy atom. The highest BCUT2D eigenvalue weighted by atomic mass is 16.6. The summed E-state index contributed by atoms with van der Waals surface area (Å²) < 4.78 is 11.0. The number of carbonyl (C=O) groups is 4. The van der Waals surface area contributed by atoms with Crippen molar-refractivity contribution in [2.75, 3.05) is 6.54 Å². The van der Waals surface area contributed by atoms with Gasteiger partial charge in [0.05, 0.1) is 0 Å². The van der Waals surface area contributed by atoms with Crippen LogP contribution in [0.5, 0.6) is 0 Å². The maximum Gasteiger partial charge on any atom is 0.408 e. The van der Waals surface area contributed by atoms with E-state index in [-0.39, 0.29) is 18.9 Å². The van der Waals surface area contributed by atoms with E-state index in [4.69, 9.17) is 9.47 Å². The lowest BCUT2D eigenvalue weighted by Crippen LogP contribution is -2.64. The second kappa shape index (κ2) is 11.9. The first kappa shape index (κ1) is 28.1. The van der Waals surface area contributed by atoms with Gasteiger partial charge in [-0.25, -0.2) is 9.59 Å². The number of amides is 3. The second-order valence-electron chi connectivity index (χ2n) is 11.2. The topological polar surface area (TPSA) is 114 Å². The minimum absolute atomic E-state index is 0.140. The van der Waals surface area contributed by atoms with Crippen molar-refractivity contribution in [1.29, 1.82) is 0 Å². The lowest BCUT2D eigenvalue weighted by Gasteiger charge is -2.43. The molecule has 0 saturated carbocycles. The molecule has 2 heterocycles. The molecule has 208 valence electrons. The number of nitrogens with one attached hydrogen (secondary N) is 2. The quantitative estimate of drug-likeness (QED) is 0.500. The van der Waals surface area contributed by atoms with Crippen molar-refractivity contribution in [3.63, 3.8) is 0 Å². The number of rotatable bonds is 8. The monoisotopic (exact) mass is 535 g/mol. The molecular formula is C30H37N3O6. The van der Waals surface area contributed by atoms with Crippen LogP contribution in [0.2, 0.25) is 0 Å². The predicted molar refractivity (Wildman–Crippen MR) is 144 cm³/mol. The van der Waals surface area contributed by atoms with Crippen LogP contribution < -0.4 is 10.6 Å². The van der Waals surface area contributed by atoms with Gasteiger partial charge in [0.15, 0.2) is 0 Å².